The van der Waals surface area contributed by atoms with Crippen LogP contribution in [0.25, 0.3) is 0 Å². The number of anilines is 2. The van der Waals surface area contributed by atoms with Crippen molar-refractivity contribution in [3.8, 4) is 11.6 Å². The molecule has 0 aliphatic rings. The van der Waals surface area contributed by atoms with Crippen molar-refractivity contribution in [3.63, 3.8) is 0 Å². The average molecular weight is 422 g/mol. The molecule has 1 N–H and O–H groups in total. The summed E-state index contributed by atoms with van der Waals surface area (Å²) in [7, 11) is 0. The van der Waals surface area contributed by atoms with Crippen LogP contribution in [0.4, 0.5) is 17.2 Å². The second-order valence-corrected chi connectivity index (χ2v) is 6.18. The van der Waals surface area contributed by atoms with Crippen LogP contribution in [0.1, 0.15) is 0 Å². The first-order valence-electron chi connectivity index (χ1n) is 6.98. The predicted octanol–water partition coefficient (Wildman–Crippen LogP) is 5.34. The molecule has 0 spiro atoms. The Morgan fingerprint density at radius 1 is 1.16 bits per heavy atom. The predicted molar refractivity (Wildman–Crippen MR) is 97.6 cm³/mol. The maximum atomic E-state index is 11.5. The van der Waals surface area contributed by atoms with Crippen LogP contribution in [0.5, 0.6) is 11.6 Å². The zero-order valence-electron chi connectivity index (χ0n) is 12.5. The van der Waals surface area contributed by atoms with Gasteiger partial charge >= 0.3 is 11.6 Å². The van der Waals surface area contributed by atoms with E-state index in [1.807, 2.05) is 0 Å². The van der Waals surface area contributed by atoms with E-state index < -0.39 is 4.92 Å². The summed E-state index contributed by atoms with van der Waals surface area (Å²) in [5, 5.41) is 14.9. The summed E-state index contributed by atoms with van der Waals surface area (Å²) in [4.78, 5) is 18.8. The lowest BCUT2D eigenvalue weighted by Gasteiger charge is -2.09. The third-order valence-corrected chi connectivity index (χ3v) is 3.85. The van der Waals surface area contributed by atoms with Gasteiger partial charge in [-0.3, -0.25) is 10.1 Å². The van der Waals surface area contributed by atoms with Crippen LogP contribution in [0.3, 0.4) is 0 Å². The van der Waals surface area contributed by atoms with Crippen LogP contribution >= 0.6 is 27.5 Å². The fourth-order valence-electron chi connectivity index (χ4n) is 2.01. The lowest BCUT2D eigenvalue weighted by atomic mass is 10.3. The maximum absolute atomic E-state index is 11.5. The minimum Gasteiger partial charge on any atom is -0.434 e. The Balaban J connectivity index is 1.96. The topological polar surface area (TPSA) is 90.2 Å². The first-order valence-corrected chi connectivity index (χ1v) is 8.15. The molecule has 1 heterocycles. The summed E-state index contributed by atoms with van der Waals surface area (Å²) in [6.07, 6.45) is 1.19. The van der Waals surface area contributed by atoms with Gasteiger partial charge in [-0.25, -0.2) is 4.98 Å². The molecule has 0 saturated carbocycles. The summed E-state index contributed by atoms with van der Waals surface area (Å²) >= 11 is 9.24. The van der Waals surface area contributed by atoms with E-state index in [-0.39, 0.29) is 17.4 Å². The molecule has 0 radical (unpaired) electrons. The molecule has 7 nitrogen and oxygen atoms in total. The number of benzene rings is 2. The number of aromatic nitrogens is 2. The second kappa shape index (κ2) is 7.45. The van der Waals surface area contributed by atoms with Crippen molar-refractivity contribution < 1.29 is 9.66 Å². The van der Waals surface area contributed by atoms with E-state index in [1.54, 1.807) is 48.5 Å². The molecule has 0 saturated heterocycles. The van der Waals surface area contributed by atoms with E-state index in [1.165, 1.54) is 6.33 Å². The van der Waals surface area contributed by atoms with E-state index in [9.17, 15) is 10.1 Å². The fourth-order valence-corrected chi connectivity index (χ4v) is 2.47. The molecule has 2 aromatic carbocycles. The van der Waals surface area contributed by atoms with Gasteiger partial charge in [0.1, 0.15) is 12.1 Å². The summed E-state index contributed by atoms with van der Waals surface area (Å²) in [5.74, 6) is 0.264. The SMILES string of the molecule is O=[N+]([O-])c1c(Nc2cccc(Cl)c2)ncnc1Oc1ccc(Br)cc1. The molecule has 0 bridgehead atoms. The molecule has 0 unspecified atom stereocenters. The summed E-state index contributed by atoms with van der Waals surface area (Å²) < 4.78 is 6.41. The van der Waals surface area contributed by atoms with E-state index in [0.717, 1.165) is 4.47 Å². The van der Waals surface area contributed by atoms with E-state index in [2.05, 4.69) is 31.2 Å². The first-order chi connectivity index (χ1) is 12.0. The summed E-state index contributed by atoms with van der Waals surface area (Å²) in [6, 6.07) is 13.6. The standard InChI is InChI=1S/C16H10BrClN4O3/c17-10-4-6-13(7-5-10)25-16-14(22(23)24)15(19-9-20-16)21-12-3-1-2-11(18)8-12/h1-9H,(H,19,20,21). The Morgan fingerprint density at radius 2 is 1.92 bits per heavy atom. The van der Waals surface area contributed by atoms with Crippen molar-refractivity contribution in [2.24, 2.45) is 0 Å². The van der Waals surface area contributed by atoms with Crippen LogP contribution < -0.4 is 10.1 Å². The van der Waals surface area contributed by atoms with Gasteiger partial charge in [0.05, 0.1) is 4.92 Å². The molecule has 126 valence electrons. The number of halogens is 2. The number of hydrogen-bond donors (Lipinski definition) is 1. The van der Waals surface area contributed by atoms with E-state index >= 15 is 0 Å². The normalized spacial score (nSPS) is 10.3. The van der Waals surface area contributed by atoms with Gasteiger partial charge in [0.15, 0.2) is 0 Å². The molecule has 0 fully saturated rings. The molecular weight excluding hydrogens is 412 g/mol. The Morgan fingerprint density at radius 3 is 2.60 bits per heavy atom. The third-order valence-electron chi connectivity index (χ3n) is 3.09. The molecule has 3 aromatic rings. The number of nitrogens with one attached hydrogen (secondary N) is 1. The van der Waals surface area contributed by atoms with Crippen LogP contribution in [0.2, 0.25) is 5.02 Å². The molecule has 25 heavy (non-hydrogen) atoms. The molecule has 0 aliphatic heterocycles. The zero-order valence-corrected chi connectivity index (χ0v) is 14.9. The molecule has 3 rings (SSSR count). The van der Waals surface area contributed by atoms with Gasteiger partial charge in [0, 0.05) is 15.2 Å². The first kappa shape index (κ1) is 17.1. The monoisotopic (exact) mass is 420 g/mol. The number of ether oxygens (including phenoxy) is 1. The fraction of sp³-hybridized carbons (Fsp3) is 0. The van der Waals surface area contributed by atoms with Crippen LogP contribution in [-0.2, 0) is 0 Å². The number of nitrogens with zero attached hydrogens (tertiary/aromatic N) is 3. The number of hydrogen-bond acceptors (Lipinski definition) is 6. The summed E-state index contributed by atoms with van der Waals surface area (Å²) in [5.41, 5.74) is 0.189. The maximum Gasteiger partial charge on any atom is 0.373 e. The second-order valence-electron chi connectivity index (χ2n) is 4.82. The highest BCUT2D eigenvalue weighted by molar-refractivity contribution is 9.10. The van der Waals surface area contributed by atoms with Gasteiger partial charge < -0.3 is 10.1 Å². The van der Waals surface area contributed by atoms with Gasteiger partial charge in [0.25, 0.3) is 0 Å². The van der Waals surface area contributed by atoms with Crippen molar-refractivity contribution in [3.05, 3.63) is 74.5 Å². The Labute approximate surface area is 155 Å². The Bertz CT molecular complexity index is 922. The Hall–Kier alpha value is -2.71. The zero-order chi connectivity index (χ0) is 17.8. The molecule has 0 aliphatic carbocycles. The van der Waals surface area contributed by atoms with Crippen LogP contribution in [-0.4, -0.2) is 14.9 Å². The molecule has 9 heteroatoms. The number of nitro groups is 1. The number of rotatable bonds is 5. The van der Waals surface area contributed by atoms with Crippen LogP contribution in [0, 0.1) is 10.1 Å². The van der Waals surface area contributed by atoms with Gasteiger partial charge in [0.2, 0.25) is 5.82 Å². The lowest BCUT2D eigenvalue weighted by Crippen LogP contribution is -2.03. The van der Waals surface area contributed by atoms with E-state index in [0.29, 0.717) is 16.5 Å². The highest BCUT2D eigenvalue weighted by Gasteiger charge is 2.25. The quantitative estimate of drug-likeness (QED) is 0.442. The van der Waals surface area contributed by atoms with Crippen molar-refractivity contribution in [1.82, 2.24) is 9.97 Å². The Kier molecular flexibility index (Phi) is 5.11. The molecule has 1 aromatic heterocycles. The minimum atomic E-state index is -0.596. The summed E-state index contributed by atoms with van der Waals surface area (Å²) in [6.45, 7) is 0. The third kappa shape index (κ3) is 4.23. The highest BCUT2D eigenvalue weighted by Crippen LogP contribution is 2.35. The van der Waals surface area contributed by atoms with E-state index in [4.69, 9.17) is 16.3 Å². The molecule has 0 amide bonds. The van der Waals surface area contributed by atoms with Crippen molar-refractivity contribution in [2.75, 3.05) is 5.32 Å². The van der Waals surface area contributed by atoms with Gasteiger partial charge in [-0.1, -0.05) is 33.6 Å². The molecular formula is C16H10BrClN4O3. The minimum absolute atomic E-state index is 0.00868. The van der Waals surface area contributed by atoms with Gasteiger partial charge in [-0.2, -0.15) is 4.98 Å². The van der Waals surface area contributed by atoms with Crippen molar-refractivity contribution >= 4 is 44.7 Å². The highest BCUT2D eigenvalue weighted by atomic mass is 79.9. The smallest absolute Gasteiger partial charge is 0.373 e. The lowest BCUT2D eigenvalue weighted by molar-refractivity contribution is -0.385. The van der Waals surface area contributed by atoms with Gasteiger partial charge in [-0.05, 0) is 42.5 Å². The average Bonchev–Trinajstić information content (AvgIpc) is 2.57. The van der Waals surface area contributed by atoms with Crippen molar-refractivity contribution in [1.29, 1.82) is 0 Å². The van der Waals surface area contributed by atoms with Gasteiger partial charge in [-0.15, -0.1) is 0 Å². The van der Waals surface area contributed by atoms with Crippen molar-refractivity contribution in [2.45, 2.75) is 0 Å². The van der Waals surface area contributed by atoms with Crippen LogP contribution in [0.15, 0.2) is 59.3 Å². The largest absolute Gasteiger partial charge is 0.434 e. The molecule has 0 atom stereocenters.